The summed E-state index contributed by atoms with van der Waals surface area (Å²) in [6.45, 7) is 2.86. The van der Waals surface area contributed by atoms with Crippen molar-refractivity contribution in [2.75, 3.05) is 23.6 Å². The van der Waals surface area contributed by atoms with Crippen LogP contribution in [0.25, 0.3) is 0 Å². The SMILES string of the molecule is CCc1cccc2c1NC(=O)[C@@]21[C@H]2C(=O)N(c3ccc4c(c3)OCO4)C(=O)[C@@H]2[C@H]2CCCN21. The minimum atomic E-state index is -1.15. The van der Waals surface area contributed by atoms with Crippen molar-refractivity contribution in [3.05, 3.63) is 47.5 Å². The molecule has 1 N–H and O–H groups in total. The van der Waals surface area contributed by atoms with Crippen molar-refractivity contribution in [3.63, 3.8) is 0 Å². The molecule has 5 aliphatic heterocycles. The fraction of sp³-hybridized carbons (Fsp3) is 0.400. The summed E-state index contributed by atoms with van der Waals surface area (Å²) in [5.74, 6) is -0.937. The van der Waals surface area contributed by atoms with Crippen LogP contribution in [0.5, 0.6) is 11.5 Å². The van der Waals surface area contributed by atoms with E-state index in [4.69, 9.17) is 9.47 Å². The third-order valence-electron chi connectivity index (χ3n) is 8.11. The van der Waals surface area contributed by atoms with Crippen LogP contribution in [-0.2, 0) is 26.3 Å². The van der Waals surface area contributed by atoms with Gasteiger partial charge in [-0.15, -0.1) is 0 Å². The molecule has 8 nitrogen and oxygen atoms in total. The van der Waals surface area contributed by atoms with Crippen molar-refractivity contribution >= 4 is 29.1 Å². The summed E-state index contributed by atoms with van der Waals surface area (Å²) in [6, 6.07) is 10.9. The van der Waals surface area contributed by atoms with Crippen LogP contribution in [0.15, 0.2) is 36.4 Å². The molecule has 1 spiro atoms. The Bertz CT molecular complexity index is 1260. The number of carbonyl (C=O) groups is 3. The number of ether oxygens (including phenoxy) is 2. The lowest BCUT2D eigenvalue weighted by molar-refractivity contribution is -0.135. The summed E-state index contributed by atoms with van der Waals surface area (Å²) in [5, 5.41) is 3.10. The predicted molar refractivity (Wildman–Crippen MR) is 118 cm³/mol. The number of rotatable bonds is 2. The van der Waals surface area contributed by atoms with Crippen LogP contribution in [0.2, 0.25) is 0 Å². The number of fused-ring (bicyclic) bond motifs is 8. The van der Waals surface area contributed by atoms with Crippen LogP contribution in [0.3, 0.4) is 0 Å². The molecular weight excluding hydrogens is 422 g/mol. The molecule has 0 unspecified atom stereocenters. The van der Waals surface area contributed by atoms with Gasteiger partial charge in [-0.25, -0.2) is 4.90 Å². The van der Waals surface area contributed by atoms with Gasteiger partial charge in [-0.3, -0.25) is 19.3 Å². The Labute approximate surface area is 190 Å². The number of benzene rings is 2. The summed E-state index contributed by atoms with van der Waals surface area (Å²) >= 11 is 0. The number of aryl methyl sites for hydroxylation is 1. The second-order valence-electron chi connectivity index (χ2n) is 9.37. The maximum atomic E-state index is 14.0. The van der Waals surface area contributed by atoms with E-state index in [1.165, 1.54) is 4.90 Å². The highest BCUT2D eigenvalue weighted by atomic mass is 16.7. The lowest BCUT2D eigenvalue weighted by Crippen LogP contribution is -2.54. The van der Waals surface area contributed by atoms with Crippen molar-refractivity contribution in [1.29, 1.82) is 0 Å². The van der Waals surface area contributed by atoms with E-state index in [0.29, 0.717) is 23.7 Å². The van der Waals surface area contributed by atoms with E-state index in [1.54, 1.807) is 18.2 Å². The summed E-state index contributed by atoms with van der Waals surface area (Å²) < 4.78 is 10.9. The zero-order valence-corrected chi connectivity index (χ0v) is 18.2. The molecule has 8 heteroatoms. The molecule has 168 valence electrons. The molecule has 2 aromatic rings. The van der Waals surface area contributed by atoms with Gasteiger partial charge in [0.05, 0.1) is 17.5 Å². The molecule has 0 saturated carbocycles. The Morgan fingerprint density at radius 2 is 1.94 bits per heavy atom. The summed E-state index contributed by atoms with van der Waals surface area (Å²) in [7, 11) is 0. The van der Waals surface area contributed by atoms with Gasteiger partial charge < -0.3 is 14.8 Å². The molecule has 0 aliphatic carbocycles. The summed E-state index contributed by atoms with van der Waals surface area (Å²) in [6.07, 6.45) is 2.47. The molecule has 4 atom stereocenters. The molecule has 0 bridgehead atoms. The molecule has 3 fully saturated rings. The highest BCUT2D eigenvalue weighted by Gasteiger charge is 2.74. The number of hydrogen-bond donors (Lipinski definition) is 1. The molecule has 5 aliphatic rings. The molecular formula is C25H23N3O5. The fourth-order valence-electron chi connectivity index (χ4n) is 6.86. The van der Waals surface area contributed by atoms with Crippen LogP contribution in [0.1, 0.15) is 30.9 Å². The Balaban J connectivity index is 1.41. The third-order valence-corrected chi connectivity index (χ3v) is 8.11. The van der Waals surface area contributed by atoms with Crippen molar-refractivity contribution in [3.8, 4) is 11.5 Å². The first-order chi connectivity index (χ1) is 16.1. The van der Waals surface area contributed by atoms with Gasteiger partial charge >= 0.3 is 0 Å². The van der Waals surface area contributed by atoms with Gasteiger partial charge in [-0.2, -0.15) is 0 Å². The van der Waals surface area contributed by atoms with Gasteiger partial charge in [0.2, 0.25) is 24.5 Å². The van der Waals surface area contributed by atoms with Crippen LogP contribution >= 0.6 is 0 Å². The van der Waals surface area contributed by atoms with Crippen molar-refractivity contribution in [2.24, 2.45) is 11.8 Å². The average Bonchev–Trinajstić information content (AvgIpc) is 3.59. The van der Waals surface area contributed by atoms with Gasteiger partial charge in [0.25, 0.3) is 0 Å². The second-order valence-corrected chi connectivity index (χ2v) is 9.37. The predicted octanol–water partition coefficient (Wildman–Crippen LogP) is 2.41. The number of nitrogens with zero attached hydrogens (tertiary/aromatic N) is 2. The normalized spacial score (nSPS) is 31.4. The Morgan fingerprint density at radius 1 is 1.09 bits per heavy atom. The molecule has 0 radical (unpaired) electrons. The molecule has 3 saturated heterocycles. The van der Waals surface area contributed by atoms with E-state index < -0.39 is 17.4 Å². The van der Waals surface area contributed by atoms with Crippen molar-refractivity contribution < 1.29 is 23.9 Å². The monoisotopic (exact) mass is 445 g/mol. The van der Waals surface area contributed by atoms with Crippen LogP contribution in [-0.4, -0.2) is 42.0 Å². The summed E-state index contributed by atoms with van der Waals surface area (Å²) in [5.41, 5.74) is 1.99. The van der Waals surface area contributed by atoms with E-state index >= 15 is 0 Å². The first kappa shape index (κ1) is 19.1. The molecule has 2 aromatic carbocycles. The quantitative estimate of drug-likeness (QED) is 0.715. The van der Waals surface area contributed by atoms with E-state index in [2.05, 4.69) is 17.1 Å². The van der Waals surface area contributed by atoms with E-state index in [0.717, 1.165) is 36.1 Å². The van der Waals surface area contributed by atoms with Crippen LogP contribution in [0, 0.1) is 11.8 Å². The smallest absolute Gasteiger partial charge is 0.250 e. The molecule has 33 heavy (non-hydrogen) atoms. The maximum absolute atomic E-state index is 14.0. The van der Waals surface area contributed by atoms with Crippen LogP contribution in [0.4, 0.5) is 11.4 Å². The Hall–Kier alpha value is -3.39. The average molecular weight is 445 g/mol. The van der Waals surface area contributed by atoms with Gasteiger partial charge in [0, 0.05) is 23.4 Å². The zero-order chi connectivity index (χ0) is 22.5. The summed E-state index contributed by atoms with van der Waals surface area (Å²) in [4.78, 5) is 45.0. The van der Waals surface area contributed by atoms with Gasteiger partial charge in [-0.05, 0) is 43.5 Å². The topological polar surface area (TPSA) is 88.2 Å². The largest absolute Gasteiger partial charge is 0.454 e. The minimum absolute atomic E-state index is 0.114. The lowest BCUT2D eigenvalue weighted by Gasteiger charge is -2.36. The first-order valence-electron chi connectivity index (χ1n) is 11.6. The number of nitrogens with one attached hydrogen (secondary N) is 1. The minimum Gasteiger partial charge on any atom is -0.454 e. The van der Waals surface area contributed by atoms with Gasteiger partial charge in [0.15, 0.2) is 11.5 Å². The van der Waals surface area contributed by atoms with E-state index in [1.807, 2.05) is 18.2 Å². The standard InChI is InChI=1S/C25H23N3O5/c1-2-13-5-3-6-15-21(13)26-24(31)25(15)20-19(16-7-4-10-27(16)25)22(29)28(23(20)30)14-8-9-17-18(11-14)33-12-32-17/h3,5-6,8-9,11,16,19-20H,2,4,7,10,12H2,1H3,(H,26,31)/t16-,19-,20-,25+/m1/s1. The van der Waals surface area contributed by atoms with Crippen molar-refractivity contribution in [1.82, 2.24) is 4.90 Å². The highest BCUT2D eigenvalue weighted by molar-refractivity contribution is 6.26. The Morgan fingerprint density at radius 3 is 2.79 bits per heavy atom. The van der Waals surface area contributed by atoms with E-state index in [9.17, 15) is 14.4 Å². The lowest BCUT2D eigenvalue weighted by atomic mass is 9.75. The zero-order valence-electron chi connectivity index (χ0n) is 18.2. The second kappa shape index (κ2) is 6.35. The molecule has 5 heterocycles. The Kier molecular flexibility index (Phi) is 3.68. The maximum Gasteiger partial charge on any atom is 0.250 e. The highest BCUT2D eigenvalue weighted by Crippen LogP contribution is 2.61. The third kappa shape index (κ3) is 2.13. The van der Waals surface area contributed by atoms with Crippen molar-refractivity contribution in [2.45, 2.75) is 37.8 Å². The number of hydrogen-bond acceptors (Lipinski definition) is 6. The molecule has 7 rings (SSSR count). The fourth-order valence-corrected chi connectivity index (χ4v) is 6.86. The van der Waals surface area contributed by atoms with Gasteiger partial charge in [-0.1, -0.05) is 25.1 Å². The number of carbonyl (C=O) groups excluding carboxylic acids is 3. The number of imide groups is 1. The van der Waals surface area contributed by atoms with Gasteiger partial charge in [0.1, 0.15) is 5.54 Å². The molecule has 3 amide bonds. The first-order valence-corrected chi connectivity index (χ1v) is 11.6. The number of para-hydroxylation sites is 1. The number of amides is 3. The van der Waals surface area contributed by atoms with E-state index in [-0.39, 0.29) is 30.6 Å². The number of anilines is 2. The van der Waals surface area contributed by atoms with Crippen LogP contribution < -0.4 is 19.7 Å². The molecule has 0 aromatic heterocycles.